The zero-order chi connectivity index (χ0) is 25.9. The molecule has 0 saturated carbocycles. The van der Waals surface area contributed by atoms with Gasteiger partial charge in [0.2, 0.25) is 5.88 Å². The Balaban J connectivity index is 1.38. The summed E-state index contributed by atoms with van der Waals surface area (Å²) in [4.78, 5) is 21.1. The third kappa shape index (κ3) is 6.25. The lowest BCUT2D eigenvalue weighted by molar-refractivity contribution is 0.262. The van der Waals surface area contributed by atoms with Gasteiger partial charge in [-0.05, 0) is 36.4 Å². The fourth-order valence-electron chi connectivity index (χ4n) is 3.10. The van der Waals surface area contributed by atoms with E-state index in [0.717, 1.165) is 6.26 Å². The van der Waals surface area contributed by atoms with Crippen molar-refractivity contribution < 1.29 is 22.5 Å². The fourth-order valence-corrected chi connectivity index (χ4v) is 3.73. The van der Waals surface area contributed by atoms with Gasteiger partial charge >= 0.3 is 6.03 Å². The minimum absolute atomic E-state index is 0.216. The molecule has 4 aromatic rings. The number of hydrogen-bond acceptors (Lipinski definition) is 8. The van der Waals surface area contributed by atoms with E-state index in [9.17, 15) is 13.2 Å². The molecule has 0 aliphatic rings. The first-order chi connectivity index (χ1) is 17.0. The Morgan fingerprint density at radius 3 is 2.28 bits per heavy atom. The number of ether oxygens (including phenoxy) is 1. The van der Waals surface area contributed by atoms with Crippen LogP contribution in [0.1, 0.15) is 26.5 Å². The van der Waals surface area contributed by atoms with Crippen LogP contribution in [0, 0.1) is 0 Å². The predicted octanol–water partition coefficient (Wildman–Crippen LogP) is 5.27. The molecule has 0 radical (unpaired) electrons. The topological polar surface area (TPSA) is 136 Å². The van der Waals surface area contributed by atoms with Gasteiger partial charge in [-0.2, -0.15) is 0 Å². The molecule has 2 N–H and O–H groups in total. The van der Waals surface area contributed by atoms with Crippen molar-refractivity contribution in [2.75, 3.05) is 16.9 Å². The van der Waals surface area contributed by atoms with Crippen LogP contribution in [-0.2, 0) is 15.3 Å². The van der Waals surface area contributed by atoms with Crippen LogP contribution in [0.5, 0.6) is 11.6 Å². The number of rotatable bonds is 6. The highest BCUT2D eigenvalue weighted by molar-refractivity contribution is 7.90. The van der Waals surface area contributed by atoms with Gasteiger partial charge in [-0.3, -0.25) is 10.3 Å². The molecule has 0 aliphatic carbocycles. The fraction of sp³-hybridized carbons (Fsp3) is 0.200. The van der Waals surface area contributed by atoms with Crippen LogP contribution in [-0.4, -0.2) is 35.8 Å². The van der Waals surface area contributed by atoms with Crippen molar-refractivity contribution in [2.45, 2.75) is 31.1 Å². The van der Waals surface area contributed by atoms with Gasteiger partial charge in [-0.15, -0.1) is 0 Å². The third-order valence-electron chi connectivity index (χ3n) is 5.02. The van der Waals surface area contributed by atoms with Gasteiger partial charge < -0.3 is 14.6 Å². The highest BCUT2D eigenvalue weighted by atomic mass is 32.2. The van der Waals surface area contributed by atoms with E-state index in [1.807, 2.05) is 20.8 Å². The molecule has 186 valence electrons. The van der Waals surface area contributed by atoms with Gasteiger partial charge in [0, 0.05) is 29.0 Å². The summed E-state index contributed by atoms with van der Waals surface area (Å²) >= 11 is 0. The molecule has 2 aromatic heterocycles. The Labute approximate surface area is 208 Å². The van der Waals surface area contributed by atoms with Crippen molar-refractivity contribution in [3.63, 3.8) is 0 Å². The summed E-state index contributed by atoms with van der Waals surface area (Å²) in [6.45, 7) is 5.96. The number of benzene rings is 2. The molecule has 0 fully saturated rings. The molecular formula is C25H25N5O5S. The number of carbonyl (C=O) groups excluding carboxylic acids is 1. The van der Waals surface area contributed by atoms with Crippen LogP contribution in [0.15, 0.2) is 76.4 Å². The van der Waals surface area contributed by atoms with E-state index in [1.54, 1.807) is 48.7 Å². The van der Waals surface area contributed by atoms with Gasteiger partial charge in [-0.25, -0.2) is 18.2 Å². The van der Waals surface area contributed by atoms with E-state index in [-0.39, 0.29) is 16.2 Å². The van der Waals surface area contributed by atoms with Crippen LogP contribution in [0.2, 0.25) is 0 Å². The highest BCUT2D eigenvalue weighted by Crippen LogP contribution is 2.26. The number of aromatic nitrogens is 3. The van der Waals surface area contributed by atoms with Crippen LogP contribution >= 0.6 is 0 Å². The molecule has 0 spiro atoms. The second-order valence-electron chi connectivity index (χ2n) is 9.07. The monoisotopic (exact) mass is 507 g/mol. The van der Waals surface area contributed by atoms with Crippen molar-refractivity contribution in [1.82, 2.24) is 15.1 Å². The first-order valence-corrected chi connectivity index (χ1v) is 12.8. The number of urea groups is 1. The molecule has 2 amide bonds. The summed E-state index contributed by atoms with van der Waals surface area (Å²) in [5.41, 5.74) is 1.56. The molecule has 0 atom stereocenters. The number of carbonyl (C=O) groups is 1. The summed E-state index contributed by atoms with van der Waals surface area (Å²) in [7, 11) is -3.28. The molecule has 11 heteroatoms. The maximum absolute atomic E-state index is 12.3. The lowest BCUT2D eigenvalue weighted by Crippen LogP contribution is -2.19. The Morgan fingerprint density at radius 1 is 0.972 bits per heavy atom. The number of sulfone groups is 1. The van der Waals surface area contributed by atoms with Crippen molar-refractivity contribution in [1.29, 1.82) is 0 Å². The summed E-state index contributed by atoms with van der Waals surface area (Å²) < 4.78 is 34.4. The Hall–Kier alpha value is -4.25. The average Bonchev–Trinajstić information content (AvgIpc) is 3.29. The zero-order valence-electron chi connectivity index (χ0n) is 20.1. The molecule has 10 nitrogen and oxygen atoms in total. The quantitative estimate of drug-likeness (QED) is 0.360. The second-order valence-corrected chi connectivity index (χ2v) is 11.1. The number of nitrogens with zero attached hydrogens (tertiary/aromatic N) is 3. The Morgan fingerprint density at radius 2 is 1.67 bits per heavy atom. The number of hydrogen-bond donors (Lipinski definition) is 2. The standard InChI is InChI=1S/C25H25N5O5S/c1-25(2,3)21-13-22(30-35-21)29-24(31)27-17-7-9-18(10-8-17)34-23-15-26-14-20(28-23)16-5-11-19(12-6-16)36(4,32)33/h5-15H,1-4H3,(H2,27,29,30,31). The molecule has 0 bridgehead atoms. The normalized spacial score (nSPS) is 11.7. The molecule has 2 heterocycles. The molecular weight excluding hydrogens is 482 g/mol. The predicted molar refractivity (Wildman–Crippen MR) is 135 cm³/mol. The van der Waals surface area contributed by atoms with Gasteiger partial charge in [-0.1, -0.05) is 38.1 Å². The maximum atomic E-state index is 12.3. The maximum Gasteiger partial charge on any atom is 0.324 e. The van der Waals surface area contributed by atoms with Crippen LogP contribution in [0.4, 0.5) is 16.3 Å². The third-order valence-corrected chi connectivity index (χ3v) is 6.14. The summed E-state index contributed by atoms with van der Waals surface area (Å²) in [6.07, 6.45) is 4.19. The number of amides is 2. The Kier molecular flexibility index (Phi) is 6.75. The summed E-state index contributed by atoms with van der Waals surface area (Å²) in [5.74, 6) is 1.74. The minimum atomic E-state index is -3.28. The van der Waals surface area contributed by atoms with Gasteiger partial charge in [0.25, 0.3) is 0 Å². The van der Waals surface area contributed by atoms with Gasteiger partial charge in [0.15, 0.2) is 15.7 Å². The molecule has 2 aromatic carbocycles. The molecule has 0 unspecified atom stereocenters. The largest absolute Gasteiger partial charge is 0.437 e. The van der Waals surface area contributed by atoms with Crippen LogP contribution < -0.4 is 15.4 Å². The molecule has 0 saturated heterocycles. The SMILES string of the molecule is CC(C)(C)c1cc(NC(=O)Nc2ccc(Oc3cncc(-c4ccc(S(C)(=O)=O)cc4)n3)cc2)no1. The zero-order valence-corrected chi connectivity index (χ0v) is 21.0. The van der Waals surface area contributed by atoms with Crippen LogP contribution in [0.3, 0.4) is 0 Å². The summed E-state index contributed by atoms with van der Waals surface area (Å²) in [6, 6.07) is 14.3. The van der Waals surface area contributed by atoms with E-state index in [2.05, 4.69) is 25.8 Å². The smallest absolute Gasteiger partial charge is 0.324 e. The molecule has 4 rings (SSSR count). The van der Waals surface area contributed by atoms with Crippen molar-refractivity contribution >= 4 is 27.4 Å². The van der Waals surface area contributed by atoms with E-state index in [1.165, 1.54) is 18.3 Å². The van der Waals surface area contributed by atoms with E-state index in [4.69, 9.17) is 9.26 Å². The minimum Gasteiger partial charge on any atom is -0.437 e. The van der Waals surface area contributed by atoms with Gasteiger partial charge in [0.1, 0.15) is 11.5 Å². The van der Waals surface area contributed by atoms with Crippen molar-refractivity contribution in [3.05, 3.63) is 72.8 Å². The molecule has 0 aliphatic heterocycles. The first-order valence-electron chi connectivity index (χ1n) is 10.9. The number of nitrogens with one attached hydrogen (secondary N) is 2. The molecule has 36 heavy (non-hydrogen) atoms. The lowest BCUT2D eigenvalue weighted by atomic mass is 9.93. The van der Waals surface area contributed by atoms with Crippen molar-refractivity contribution in [3.8, 4) is 22.9 Å². The van der Waals surface area contributed by atoms with E-state index in [0.29, 0.717) is 34.3 Å². The van der Waals surface area contributed by atoms with Gasteiger partial charge in [0.05, 0.1) is 23.0 Å². The lowest BCUT2D eigenvalue weighted by Gasteiger charge is -2.12. The second kappa shape index (κ2) is 9.78. The van der Waals surface area contributed by atoms with E-state index >= 15 is 0 Å². The average molecular weight is 508 g/mol. The Bertz CT molecular complexity index is 1470. The van der Waals surface area contributed by atoms with E-state index < -0.39 is 15.9 Å². The first kappa shape index (κ1) is 24.9. The van der Waals surface area contributed by atoms with Crippen LogP contribution in [0.25, 0.3) is 11.3 Å². The highest BCUT2D eigenvalue weighted by Gasteiger charge is 2.20. The van der Waals surface area contributed by atoms with Crippen molar-refractivity contribution in [2.24, 2.45) is 0 Å². The number of anilines is 2. The summed E-state index contributed by atoms with van der Waals surface area (Å²) in [5, 5.41) is 9.21.